The number of rotatable bonds is 5. The van der Waals surface area contributed by atoms with Crippen LogP contribution in [0.2, 0.25) is 0 Å². The summed E-state index contributed by atoms with van der Waals surface area (Å²) in [4.78, 5) is 0. The van der Waals surface area contributed by atoms with Crippen molar-refractivity contribution < 1.29 is 17.6 Å². The number of hydrogen-bond acceptors (Lipinski definition) is 1. The summed E-state index contributed by atoms with van der Waals surface area (Å²) in [5.74, 6) is -3.98. The average Bonchev–Trinajstić information content (AvgIpc) is 2.22. The Morgan fingerprint density at radius 3 is 2.18 bits per heavy atom. The van der Waals surface area contributed by atoms with E-state index in [2.05, 4.69) is 5.32 Å². The predicted molar refractivity (Wildman–Crippen MR) is 58.6 cm³/mol. The molecule has 0 aliphatic heterocycles. The Balaban J connectivity index is 2.57. The molecule has 0 heterocycles. The second kappa shape index (κ2) is 5.49. The van der Waals surface area contributed by atoms with Gasteiger partial charge in [-0.15, -0.1) is 0 Å². The second-order valence-electron chi connectivity index (χ2n) is 4.04. The molecule has 0 fully saturated rings. The molecule has 0 saturated heterocycles. The molecule has 96 valence electrons. The Hall–Kier alpha value is -1.10. The minimum atomic E-state index is -3.98. The van der Waals surface area contributed by atoms with E-state index in [9.17, 15) is 17.6 Å². The molecule has 0 bridgehead atoms. The minimum absolute atomic E-state index is 0.167. The SMILES string of the molecule is Cc1cccc(C)c1CNCC(F)(F)C(F)F. The lowest BCUT2D eigenvalue weighted by Gasteiger charge is -2.17. The van der Waals surface area contributed by atoms with Crippen molar-refractivity contribution in [2.24, 2.45) is 0 Å². The van der Waals surface area contributed by atoms with Gasteiger partial charge in [-0.2, -0.15) is 8.78 Å². The third kappa shape index (κ3) is 3.70. The van der Waals surface area contributed by atoms with Crippen molar-refractivity contribution in [1.82, 2.24) is 5.32 Å². The molecule has 0 amide bonds. The fourth-order valence-electron chi connectivity index (χ4n) is 1.56. The van der Waals surface area contributed by atoms with Crippen LogP contribution in [0, 0.1) is 13.8 Å². The highest BCUT2D eigenvalue weighted by Crippen LogP contribution is 2.22. The fraction of sp³-hybridized carbons (Fsp3) is 0.500. The molecule has 5 heteroatoms. The van der Waals surface area contributed by atoms with Crippen molar-refractivity contribution in [1.29, 1.82) is 0 Å². The highest BCUT2D eigenvalue weighted by molar-refractivity contribution is 5.33. The van der Waals surface area contributed by atoms with Gasteiger partial charge in [-0.3, -0.25) is 0 Å². The molecule has 1 rings (SSSR count). The molecule has 0 spiro atoms. The third-order valence-corrected chi connectivity index (χ3v) is 2.63. The van der Waals surface area contributed by atoms with Crippen molar-refractivity contribution in [3.8, 4) is 0 Å². The maximum atomic E-state index is 12.6. The molecular weight excluding hydrogens is 234 g/mol. The molecule has 0 aliphatic carbocycles. The van der Waals surface area contributed by atoms with Crippen molar-refractivity contribution >= 4 is 0 Å². The van der Waals surface area contributed by atoms with Gasteiger partial charge in [-0.1, -0.05) is 18.2 Å². The quantitative estimate of drug-likeness (QED) is 0.789. The van der Waals surface area contributed by atoms with E-state index in [0.717, 1.165) is 16.7 Å². The van der Waals surface area contributed by atoms with Gasteiger partial charge in [0.15, 0.2) is 0 Å². The van der Waals surface area contributed by atoms with Crippen LogP contribution in [0.5, 0.6) is 0 Å². The Morgan fingerprint density at radius 2 is 1.71 bits per heavy atom. The van der Waals surface area contributed by atoms with Crippen LogP contribution < -0.4 is 5.32 Å². The summed E-state index contributed by atoms with van der Waals surface area (Å²) >= 11 is 0. The van der Waals surface area contributed by atoms with Crippen LogP contribution in [0.3, 0.4) is 0 Å². The highest BCUT2D eigenvalue weighted by atomic mass is 19.3. The van der Waals surface area contributed by atoms with Crippen LogP contribution in [-0.4, -0.2) is 18.9 Å². The first kappa shape index (κ1) is 14.0. The van der Waals surface area contributed by atoms with Crippen molar-refractivity contribution in [2.45, 2.75) is 32.7 Å². The summed E-state index contributed by atoms with van der Waals surface area (Å²) in [5.41, 5.74) is 2.79. The van der Waals surface area contributed by atoms with Gasteiger partial charge >= 0.3 is 12.3 Å². The van der Waals surface area contributed by atoms with Gasteiger partial charge < -0.3 is 5.32 Å². The van der Waals surface area contributed by atoms with Gasteiger partial charge in [0.25, 0.3) is 0 Å². The lowest BCUT2D eigenvalue weighted by molar-refractivity contribution is -0.125. The van der Waals surface area contributed by atoms with Crippen molar-refractivity contribution in [3.05, 3.63) is 34.9 Å². The van der Waals surface area contributed by atoms with Crippen LogP contribution in [0.25, 0.3) is 0 Å². The molecule has 1 aromatic carbocycles. The van der Waals surface area contributed by atoms with E-state index in [1.54, 1.807) is 0 Å². The Bertz CT molecular complexity index is 357. The van der Waals surface area contributed by atoms with Gasteiger partial charge in [-0.05, 0) is 30.5 Å². The summed E-state index contributed by atoms with van der Waals surface area (Å²) in [6.45, 7) is 2.86. The maximum Gasteiger partial charge on any atom is 0.319 e. The summed E-state index contributed by atoms with van der Waals surface area (Å²) in [5, 5.41) is 2.37. The monoisotopic (exact) mass is 249 g/mol. The molecular formula is C12H15F4N. The van der Waals surface area contributed by atoms with E-state index >= 15 is 0 Å². The normalized spacial score (nSPS) is 12.2. The third-order valence-electron chi connectivity index (χ3n) is 2.63. The summed E-state index contributed by atoms with van der Waals surface area (Å²) in [6.07, 6.45) is -3.63. The second-order valence-corrected chi connectivity index (χ2v) is 4.04. The Labute approximate surface area is 97.8 Å². The van der Waals surface area contributed by atoms with Crippen LogP contribution in [0.15, 0.2) is 18.2 Å². The Kier molecular flexibility index (Phi) is 4.51. The zero-order chi connectivity index (χ0) is 13.1. The van der Waals surface area contributed by atoms with Gasteiger partial charge in [0.05, 0.1) is 6.54 Å². The van der Waals surface area contributed by atoms with Crippen LogP contribution in [0.1, 0.15) is 16.7 Å². The average molecular weight is 249 g/mol. The number of hydrogen-bond donors (Lipinski definition) is 1. The molecule has 0 aromatic heterocycles. The molecule has 17 heavy (non-hydrogen) atoms. The van der Waals surface area contributed by atoms with Crippen molar-refractivity contribution in [2.75, 3.05) is 6.54 Å². The summed E-state index contributed by atoms with van der Waals surface area (Å²) in [6, 6.07) is 5.58. The van der Waals surface area contributed by atoms with Crippen LogP contribution in [-0.2, 0) is 6.54 Å². The molecule has 1 aromatic rings. The molecule has 0 radical (unpaired) electrons. The summed E-state index contributed by atoms with van der Waals surface area (Å²) in [7, 11) is 0. The minimum Gasteiger partial charge on any atom is -0.307 e. The first-order valence-electron chi connectivity index (χ1n) is 5.26. The molecule has 0 saturated carbocycles. The van der Waals surface area contributed by atoms with E-state index in [4.69, 9.17) is 0 Å². The van der Waals surface area contributed by atoms with E-state index in [-0.39, 0.29) is 6.54 Å². The van der Waals surface area contributed by atoms with E-state index in [1.807, 2.05) is 32.0 Å². The topological polar surface area (TPSA) is 12.0 Å². The first-order valence-corrected chi connectivity index (χ1v) is 5.26. The molecule has 1 nitrogen and oxygen atoms in total. The molecule has 0 unspecified atom stereocenters. The number of alkyl halides is 4. The van der Waals surface area contributed by atoms with E-state index < -0.39 is 18.9 Å². The van der Waals surface area contributed by atoms with E-state index in [0.29, 0.717) is 0 Å². The smallest absolute Gasteiger partial charge is 0.307 e. The maximum absolute atomic E-state index is 12.6. The van der Waals surface area contributed by atoms with Gasteiger partial charge in [-0.25, -0.2) is 8.78 Å². The lowest BCUT2D eigenvalue weighted by atomic mass is 10.0. The van der Waals surface area contributed by atoms with Crippen molar-refractivity contribution in [3.63, 3.8) is 0 Å². The molecule has 1 N–H and O–H groups in total. The lowest BCUT2D eigenvalue weighted by Crippen LogP contribution is -2.38. The van der Waals surface area contributed by atoms with Gasteiger partial charge in [0.1, 0.15) is 0 Å². The van der Waals surface area contributed by atoms with Gasteiger partial charge in [0, 0.05) is 6.54 Å². The Morgan fingerprint density at radius 1 is 1.18 bits per heavy atom. The largest absolute Gasteiger partial charge is 0.319 e. The first-order chi connectivity index (χ1) is 7.84. The zero-order valence-corrected chi connectivity index (χ0v) is 9.74. The summed E-state index contributed by atoms with van der Waals surface area (Å²) < 4.78 is 49.1. The van der Waals surface area contributed by atoms with Crippen LogP contribution >= 0.6 is 0 Å². The number of aryl methyl sites for hydroxylation is 2. The molecule has 0 aliphatic rings. The van der Waals surface area contributed by atoms with Crippen LogP contribution in [0.4, 0.5) is 17.6 Å². The zero-order valence-electron chi connectivity index (χ0n) is 9.74. The highest BCUT2D eigenvalue weighted by Gasteiger charge is 2.39. The standard InChI is InChI=1S/C12H15F4N/c1-8-4-3-5-9(2)10(8)6-17-7-12(15,16)11(13)14/h3-5,11,17H,6-7H2,1-2H3. The predicted octanol–water partition coefficient (Wildman–Crippen LogP) is 3.29. The number of halogens is 4. The van der Waals surface area contributed by atoms with E-state index in [1.165, 1.54) is 0 Å². The number of benzene rings is 1. The fourth-order valence-corrected chi connectivity index (χ4v) is 1.56. The number of nitrogens with one attached hydrogen (secondary N) is 1. The molecule has 0 atom stereocenters. The van der Waals surface area contributed by atoms with Gasteiger partial charge in [0.2, 0.25) is 0 Å².